The van der Waals surface area contributed by atoms with Crippen LogP contribution in [0.1, 0.15) is 58.8 Å². The highest BCUT2D eigenvalue weighted by atomic mass is 16.4. The number of hydrogen-bond donors (Lipinski definition) is 1. The van der Waals surface area contributed by atoms with Crippen LogP contribution in [0.15, 0.2) is 0 Å². The number of rotatable bonds is 5. The summed E-state index contributed by atoms with van der Waals surface area (Å²) < 4.78 is 0. The molecule has 2 atom stereocenters. The third-order valence-electron chi connectivity index (χ3n) is 4.10. The van der Waals surface area contributed by atoms with Gasteiger partial charge in [0.25, 0.3) is 0 Å². The molecule has 0 aromatic heterocycles. The van der Waals surface area contributed by atoms with E-state index >= 15 is 0 Å². The van der Waals surface area contributed by atoms with Crippen molar-refractivity contribution >= 4 is 5.97 Å². The molecule has 1 fully saturated rings. The van der Waals surface area contributed by atoms with E-state index in [0.717, 1.165) is 12.3 Å². The van der Waals surface area contributed by atoms with Gasteiger partial charge in [0, 0.05) is 6.42 Å². The maximum Gasteiger partial charge on any atom is 0.303 e. The average Bonchev–Trinajstić information content (AvgIpc) is 2.26. The molecule has 1 N–H and O–H groups in total. The first kappa shape index (κ1) is 12.5. The lowest BCUT2D eigenvalue weighted by Gasteiger charge is -2.31. The smallest absolute Gasteiger partial charge is 0.303 e. The van der Waals surface area contributed by atoms with Gasteiger partial charge in [0.2, 0.25) is 0 Å². The fraction of sp³-hybridized carbons (Fsp3) is 0.923. The maximum absolute atomic E-state index is 10.5. The predicted molar refractivity (Wildman–Crippen MR) is 61.8 cm³/mol. The maximum atomic E-state index is 10.5. The molecular weight excluding hydrogens is 188 g/mol. The molecule has 0 radical (unpaired) electrons. The summed E-state index contributed by atoms with van der Waals surface area (Å²) in [5.74, 6) is 1.45. The van der Waals surface area contributed by atoms with Crippen LogP contribution >= 0.6 is 0 Å². The van der Waals surface area contributed by atoms with Crippen LogP contribution in [-0.2, 0) is 4.79 Å². The molecule has 0 aromatic rings. The van der Waals surface area contributed by atoms with Gasteiger partial charge in [-0.05, 0) is 24.2 Å². The van der Waals surface area contributed by atoms with E-state index in [1.807, 2.05) is 0 Å². The van der Waals surface area contributed by atoms with E-state index in [2.05, 4.69) is 13.8 Å². The summed E-state index contributed by atoms with van der Waals surface area (Å²) in [6.07, 6.45) is 8.04. The summed E-state index contributed by atoms with van der Waals surface area (Å²) in [6.45, 7) is 4.52. The molecule has 0 saturated heterocycles. The summed E-state index contributed by atoms with van der Waals surface area (Å²) in [4.78, 5) is 10.5. The average molecular weight is 212 g/mol. The topological polar surface area (TPSA) is 37.3 Å². The molecule has 0 spiro atoms. The van der Waals surface area contributed by atoms with Crippen molar-refractivity contribution in [2.75, 3.05) is 0 Å². The molecule has 1 rings (SSSR count). The van der Waals surface area contributed by atoms with Gasteiger partial charge < -0.3 is 5.11 Å². The van der Waals surface area contributed by atoms with Crippen molar-refractivity contribution in [2.45, 2.75) is 58.8 Å². The predicted octanol–water partition coefficient (Wildman–Crippen LogP) is 3.70. The minimum atomic E-state index is -0.655. The molecule has 1 saturated carbocycles. The van der Waals surface area contributed by atoms with Crippen molar-refractivity contribution in [2.24, 2.45) is 17.8 Å². The van der Waals surface area contributed by atoms with Crippen LogP contribution in [0.5, 0.6) is 0 Å². The summed E-state index contributed by atoms with van der Waals surface area (Å²) in [5, 5.41) is 8.65. The standard InChI is InChI=1S/C13H24O2/c1-10(8-9-13(14)15)11(2)12-6-4-3-5-7-12/h10-12H,3-9H2,1-2H3,(H,14,15). The molecule has 0 bridgehead atoms. The lowest BCUT2D eigenvalue weighted by Crippen LogP contribution is -2.22. The van der Waals surface area contributed by atoms with Gasteiger partial charge in [0.1, 0.15) is 0 Å². The summed E-state index contributed by atoms with van der Waals surface area (Å²) >= 11 is 0. The van der Waals surface area contributed by atoms with Gasteiger partial charge in [0.15, 0.2) is 0 Å². The largest absolute Gasteiger partial charge is 0.481 e. The van der Waals surface area contributed by atoms with Crippen molar-refractivity contribution < 1.29 is 9.90 Å². The van der Waals surface area contributed by atoms with E-state index in [4.69, 9.17) is 5.11 Å². The van der Waals surface area contributed by atoms with E-state index in [9.17, 15) is 4.79 Å². The van der Waals surface area contributed by atoms with Gasteiger partial charge >= 0.3 is 5.97 Å². The Morgan fingerprint density at radius 3 is 2.40 bits per heavy atom. The minimum Gasteiger partial charge on any atom is -0.481 e. The molecule has 2 heteroatoms. The van der Waals surface area contributed by atoms with E-state index < -0.39 is 5.97 Å². The monoisotopic (exact) mass is 212 g/mol. The molecule has 88 valence electrons. The highest BCUT2D eigenvalue weighted by Crippen LogP contribution is 2.35. The Hall–Kier alpha value is -0.530. The highest BCUT2D eigenvalue weighted by Gasteiger charge is 2.24. The molecule has 0 amide bonds. The number of carboxylic acid groups (broad SMARTS) is 1. The van der Waals surface area contributed by atoms with Crippen LogP contribution in [-0.4, -0.2) is 11.1 Å². The molecule has 2 nitrogen and oxygen atoms in total. The second-order valence-corrected chi connectivity index (χ2v) is 5.17. The third-order valence-corrected chi connectivity index (χ3v) is 4.10. The van der Waals surface area contributed by atoms with Crippen molar-refractivity contribution in [3.8, 4) is 0 Å². The molecule has 0 heterocycles. The molecule has 0 aliphatic heterocycles. The molecule has 2 unspecified atom stereocenters. The van der Waals surface area contributed by atoms with Crippen LogP contribution in [0.25, 0.3) is 0 Å². The first-order chi connectivity index (χ1) is 7.11. The zero-order chi connectivity index (χ0) is 11.3. The quantitative estimate of drug-likeness (QED) is 0.754. The van der Waals surface area contributed by atoms with Crippen LogP contribution in [0.2, 0.25) is 0 Å². The minimum absolute atomic E-state index is 0.332. The summed E-state index contributed by atoms with van der Waals surface area (Å²) in [5.41, 5.74) is 0. The molecular formula is C13H24O2. The van der Waals surface area contributed by atoms with E-state index in [0.29, 0.717) is 18.3 Å². The fourth-order valence-corrected chi connectivity index (χ4v) is 2.74. The van der Waals surface area contributed by atoms with Gasteiger partial charge in [-0.1, -0.05) is 46.0 Å². The Balaban J connectivity index is 2.30. The van der Waals surface area contributed by atoms with Crippen LogP contribution in [0.3, 0.4) is 0 Å². The van der Waals surface area contributed by atoms with E-state index in [-0.39, 0.29) is 0 Å². The SMILES string of the molecule is CC(CCC(=O)O)C(C)C1CCCCC1. The molecule has 0 aromatic carbocycles. The number of hydrogen-bond acceptors (Lipinski definition) is 1. The second-order valence-electron chi connectivity index (χ2n) is 5.17. The van der Waals surface area contributed by atoms with Gasteiger partial charge in [0.05, 0.1) is 0 Å². The van der Waals surface area contributed by atoms with Crippen LogP contribution in [0, 0.1) is 17.8 Å². The third kappa shape index (κ3) is 4.23. The van der Waals surface area contributed by atoms with Gasteiger partial charge in [-0.15, -0.1) is 0 Å². The van der Waals surface area contributed by atoms with Crippen molar-refractivity contribution in [3.63, 3.8) is 0 Å². The van der Waals surface area contributed by atoms with Gasteiger partial charge in [-0.2, -0.15) is 0 Å². The Labute approximate surface area is 93.1 Å². The first-order valence-corrected chi connectivity index (χ1v) is 6.33. The zero-order valence-electron chi connectivity index (χ0n) is 10.0. The van der Waals surface area contributed by atoms with Crippen molar-refractivity contribution in [1.29, 1.82) is 0 Å². The van der Waals surface area contributed by atoms with E-state index in [1.165, 1.54) is 32.1 Å². The van der Waals surface area contributed by atoms with Gasteiger partial charge in [-0.25, -0.2) is 0 Å². The summed E-state index contributed by atoms with van der Waals surface area (Å²) in [6, 6.07) is 0. The van der Waals surface area contributed by atoms with Gasteiger partial charge in [-0.3, -0.25) is 4.79 Å². The number of aliphatic carboxylic acids is 1. The first-order valence-electron chi connectivity index (χ1n) is 6.33. The number of carbonyl (C=O) groups is 1. The van der Waals surface area contributed by atoms with Crippen molar-refractivity contribution in [3.05, 3.63) is 0 Å². The Kier molecular flexibility index (Phi) is 5.13. The molecule has 15 heavy (non-hydrogen) atoms. The normalized spacial score (nSPS) is 22.3. The lowest BCUT2D eigenvalue weighted by atomic mass is 9.74. The van der Waals surface area contributed by atoms with E-state index in [1.54, 1.807) is 0 Å². The number of carboxylic acids is 1. The van der Waals surface area contributed by atoms with Crippen LogP contribution in [0.4, 0.5) is 0 Å². The summed E-state index contributed by atoms with van der Waals surface area (Å²) in [7, 11) is 0. The Morgan fingerprint density at radius 2 is 1.87 bits per heavy atom. The lowest BCUT2D eigenvalue weighted by molar-refractivity contribution is -0.137. The Bertz CT molecular complexity index is 195. The molecule has 1 aliphatic rings. The van der Waals surface area contributed by atoms with Crippen LogP contribution < -0.4 is 0 Å². The van der Waals surface area contributed by atoms with Crippen molar-refractivity contribution in [1.82, 2.24) is 0 Å². The fourth-order valence-electron chi connectivity index (χ4n) is 2.74. The molecule has 1 aliphatic carbocycles. The Morgan fingerprint density at radius 1 is 1.27 bits per heavy atom. The second kappa shape index (κ2) is 6.14. The highest BCUT2D eigenvalue weighted by molar-refractivity contribution is 5.66. The zero-order valence-corrected chi connectivity index (χ0v) is 10.0.